The van der Waals surface area contributed by atoms with E-state index in [9.17, 15) is 4.11 Å². The van der Waals surface area contributed by atoms with Crippen LogP contribution in [0, 0.1) is 0 Å². The number of hydrogen-bond acceptors (Lipinski definition) is 0. The number of fused-ring (bicyclic) bond motifs is 6. The highest BCUT2D eigenvalue weighted by molar-refractivity contribution is 6.12. The van der Waals surface area contributed by atoms with Crippen LogP contribution >= 0.6 is 0 Å². The van der Waals surface area contributed by atoms with E-state index in [0.717, 1.165) is 54.3 Å². The standard InChI is InChI=1S/C48H32N2/c1-3-14-33(15-4-1)35-26-29-48-43(31-35)41-22-9-12-25-46(41)50(48)44-23-10-7-20-39(44)37-17-13-16-34(30-37)36-27-28-47-42(32-36)40-21-8-11-24-45(40)49(47)38-18-5-2-6-19-38/h1-32H/i2D,5D,6D,8D,11D,18D,19D,21D,24D,27D,28D,32D. The van der Waals surface area contributed by atoms with Gasteiger partial charge in [0.25, 0.3) is 0 Å². The molecule has 0 amide bonds. The second-order valence-electron chi connectivity index (χ2n) is 12.1. The molecular formula is C48H32N2. The quantitative estimate of drug-likeness (QED) is 0.176. The van der Waals surface area contributed by atoms with Gasteiger partial charge in [0.05, 0.1) is 44.2 Å². The van der Waals surface area contributed by atoms with Gasteiger partial charge in [-0.15, -0.1) is 0 Å². The Morgan fingerprint density at radius 3 is 1.98 bits per heavy atom. The number of nitrogens with zero attached hydrogens (tertiary/aromatic N) is 2. The molecule has 0 fully saturated rings. The Bertz CT molecular complexity index is 3530. The van der Waals surface area contributed by atoms with Crippen molar-refractivity contribution >= 4 is 43.6 Å². The lowest BCUT2D eigenvalue weighted by Gasteiger charge is -2.15. The van der Waals surface area contributed by atoms with E-state index in [2.05, 4.69) is 47.0 Å². The zero-order chi connectivity index (χ0) is 43.5. The van der Waals surface area contributed by atoms with Crippen LogP contribution in [0.15, 0.2) is 194 Å². The lowest BCUT2D eigenvalue weighted by Crippen LogP contribution is -1.97. The van der Waals surface area contributed by atoms with Gasteiger partial charge in [0.15, 0.2) is 0 Å². The van der Waals surface area contributed by atoms with Crippen molar-refractivity contribution in [1.29, 1.82) is 0 Å². The monoisotopic (exact) mass is 648 g/mol. The van der Waals surface area contributed by atoms with Gasteiger partial charge >= 0.3 is 0 Å². The van der Waals surface area contributed by atoms with Crippen molar-refractivity contribution in [3.05, 3.63) is 194 Å². The van der Waals surface area contributed by atoms with Crippen LogP contribution in [-0.4, -0.2) is 9.13 Å². The highest BCUT2D eigenvalue weighted by atomic mass is 15.0. The smallest absolute Gasteiger partial charge is 0.0645 e. The number of rotatable bonds is 5. The van der Waals surface area contributed by atoms with E-state index in [1.54, 1.807) is 12.1 Å². The molecule has 0 radical (unpaired) electrons. The summed E-state index contributed by atoms with van der Waals surface area (Å²) in [5, 5.41) is 1.89. The minimum absolute atomic E-state index is 0.0275. The molecular weight excluding hydrogens is 605 g/mol. The molecule has 0 bridgehead atoms. The maximum Gasteiger partial charge on any atom is 0.0645 e. The van der Waals surface area contributed by atoms with Crippen LogP contribution in [0.4, 0.5) is 0 Å². The first-order chi connectivity index (χ1) is 29.8. The van der Waals surface area contributed by atoms with Gasteiger partial charge in [-0.3, -0.25) is 0 Å². The van der Waals surface area contributed by atoms with Crippen LogP contribution in [0.5, 0.6) is 0 Å². The van der Waals surface area contributed by atoms with E-state index in [-0.39, 0.29) is 33.4 Å². The summed E-state index contributed by atoms with van der Waals surface area (Å²) in [6, 6.07) is 33.2. The zero-order valence-electron chi connectivity index (χ0n) is 38.4. The van der Waals surface area contributed by atoms with Gasteiger partial charge in [0.2, 0.25) is 0 Å². The summed E-state index contributed by atoms with van der Waals surface area (Å²) in [7, 11) is 0. The van der Waals surface area contributed by atoms with E-state index in [1.165, 1.54) is 0 Å². The summed E-state index contributed by atoms with van der Waals surface area (Å²) in [5.74, 6) is 0. The first-order valence-corrected chi connectivity index (χ1v) is 16.2. The van der Waals surface area contributed by atoms with Crippen molar-refractivity contribution in [2.24, 2.45) is 0 Å². The summed E-state index contributed by atoms with van der Waals surface area (Å²) in [6.07, 6.45) is 0. The fourth-order valence-corrected chi connectivity index (χ4v) is 7.04. The minimum Gasteiger partial charge on any atom is -0.309 e. The van der Waals surface area contributed by atoms with Crippen molar-refractivity contribution in [3.8, 4) is 44.8 Å². The number of benzene rings is 8. The molecule has 8 aromatic carbocycles. The van der Waals surface area contributed by atoms with Crippen molar-refractivity contribution in [2.75, 3.05) is 0 Å². The summed E-state index contributed by atoms with van der Waals surface area (Å²) < 4.78 is 109. The Hall–Kier alpha value is -6.64. The summed E-state index contributed by atoms with van der Waals surface area (Å²) in [4.78, 5) is 0. The lowest BCUT2D eigenvalue weighted by atomic mass is 9.97. The van der Waals surface area contributed by atoms with Crippen LogP contribution in [-0.2, 0) is 0 Å². The van der Waals surface area contributed by atoms with E-state index < -0.39 is 72.2 Å². The third-order valence-electron chi connectivity index (χ3n) is 9.25. The second-order valence-corrected chi connectivity index (χ2v) is 12.1. The molecule has 0 aliphatic heterocycles. The molecule has 0 atom stereocenters. The first-order valence-electron chi connectivity index (χ1n) is 22.2. The predicted octanol–water partition coefficient (Wildman–Crippen LogP) is 12.9. The van der Waals surface area contributed by atoms with E-state index >= 15 is 0 Å². The van der Waals surface area contributed by atoms with Crippen LogP contribution in [0.3, 0.4) is 0 Å². The second kappa shape index (κ2) is 11.5. The average Bonchev–Trinajstić information content (AvgIpc) is 3.82. The van der Waals surface area contributed by atoms with E-state index in [1.807, 2.05) is 66.7 Å². The normalized spacial score (nSPS) is 15.0. The Morgan fingerprint density at radius 2 is 1.06 bits per heavy atom. The highest BCUT2D eigenvalue weighted by Crippen LogP contribution is 2.40. The Labute approximate surface area is 307 Å². The topological polar surface area (TPSA) is 9.86 Å². The van der Waals surface area contributed by atoms with Gasteiger partial charge < -0.3 is 9.13 Å². The maximum atomic E-state index is 9.71. The molecule has 2 heteroatoms. The summed E-state index contributed by atoms with van der Waals surface area (Å²) in [6.45, 7) is 0. The van der Waals surface area contributed by atoms with Gasteiger partial charge in [0.1, 0.15) is 0 Å². The molecule has 0 unspecified atom stereocenters. The number of aromatic nitrogens is 2. The SMILES string of the molecule is [2H]c1c([2H])c([2H])c(-n2c3c([2H])c([2H])c([2H])c([2H])c3c3c([2H])c(-c4cccc(-c5ccccc5-n5c6ccccc6c6cc(-c7ccccc7)ccc65)c4)c([2H])c([2H])c32)c([2H])c1[2H]. The first kappa shape index (κ1) is 18.8. The molecule has 10 aromatic rings. The van der Waals surface area contributed by atoms with Crippen molar-refractivity contribution < 1.29 is 16.4 Å². The highest BCUT2D eigenvalue weighted by Gasteiger charge is 2.17. The fraction of sp³-hybridized carbons (Fsp3) is 0. The molecule has 10 rings (SSSR count). The molecule has 2 nitrogen and oxygen atoms in total. The fourth-order valence-electron chi connectivity index (χ4n) is 7.04. The van der Waals surface area contributed by atoms with Crippen molar-refractivity contribution in [2.45, 2.75) is 0 Å². The molecule has 2 aromatic heterocycles. The van der Waals surface area contributed by atoms with Crippen LogP contribution in [0.2, 0.25) is 0 Å². The van der Waals surface area contributed by atoms with Gasteiger partial charge in [-0.1, -0.05) is 133 Å². The van der Waals surface area contributed by atoms with E-state index in [0.29, 0.717) is 5.56 Å². The van der Waals surface area contributed by atoms with Crippen molar-refractivity contribution in [3.63, 3.8) is 0 Å². The van der Waals surface area contributed by atoms with Crippen LogP contribution in [0.1, 0.15) is 16.4 Å². The molecule has 0 aliphatic rings. The van der Waals surface area contributed by atoms with Crippen LogP contribution < -0.4 is 0 Å². The molecule has 50 heavy (non-hydrogen) atoms. The molecule has 234 valence electrons. The van der Waals surface area contributed by atoms with Gasteiger partial charge in [-0.2, -0.15) is 0 Å². The molecule has 2 heterocycles. The largest absolute Gasteiger partial charge is 0.309 e. The molecule has 0 aliphatic carbocycles. The zero-order valence-corrected chi connectivity index (χ0v) is 26.4. The lowest BCUT2D eigenvalue weighted by molar-refractivity contribution is 1.18. The summed E-state index contributed by atoms with van der Waals surface area (Å²) >= 11 is 0. The summed E-state index contributed by atoms with van der Waals surface area (Å²) in [5.41, 5.74) is 6.15. The third kappa shape index (κ3) is 4.50. The number of para-hydroxylation sites is 4. The third-order valence-corrected chi connectivity index (χ3v) is 9.25. The Balaban J connectivity index is 1.22. The van der Waals surface area contributed by atoms with Gasteiger partial charge in [-0.25, -0.2) is 0 Å². The maximum absolute atomic E-state index is 9.71. The molecule has 0 saturated heterocycles. The van der Waals surface area contributed by atoms with Gasteiger partial charge in [-0.05, 0) is 88.4 Å². The molecule has 0 spiro atoms. The Morgan fingerprint density at radius 1 is 0.360 bits per heavy atom. The van der Waals surface area contributed by atoms with Gasteiger partial charge in [0, 0.05) is 32.8 Å². The van der Waals surface area contributed by atoms with Crippen LogP contribution in [0.25, 0.3) is 88.4 Å². The average molecular weight is 649 g/mol. The minimum atomic E-state index is -0.688. The Kier molecular flexibility index (Phi) is 4.32. The van der Waals surface area contributed by atoms with E-state index in [4.69, 9.17) is 12.3 Å². The van der Waals surface area contributed by atoms with Crippen molar-refractivity contribution in [1.82, 2.24) is 9.13 Å². The molecule has 0 saturated carbocycles. The molecule has 0 N–H and O–H groups in total. The number of hydrogen-bond donors (Lipinski definition) is 0. The predicted molar refractivity (Wildman–Crippen MR) is 211 cm³/mol.